The highest BCUT2D eigenvalue weighted by Crippen LogP contribution is 2.25. The van der Waals surface area contributed by atoms with Crippen molar-refractivity contribution in [3.8, 4) is 0 Å². The standard InChI is InChI=1S/C23H31N3O3S/c1-4-25(5-2)21-13-11-20(12-14-21)24-23(27)19-9-15-22(16-10-19)30(28,29)26-17-7-6-8-18(26)3/h9-16,18H,4-8,17H2,1-3H3,(H,24,27)/t18-/m0/s1. The molecular formula is C23H31N3O3S. The van der Waals surface area contributed by atoms with E-state index in [1.807, 2.05) is 31.2 Å². The van der Waals surface area contributed by atoms with Gasteiger partial charge in [-0.3, -0.25) is 4.79 Å². The minimum absolute atomic E-state index is 0.00559. The topological polar surface area (TPSA) is 69.7 Å². The predicted molar refractivity (Wildman–Crippen MR) is 122 cm³/mol. The summed E-state index contributed by atoms with van der Waals surface area (Å²) in [4.78, 5) is 15.0. The Morgan fingerprint density at radius 3 is 2.23 bits per heavy atom. The third-order valence-corrected chi connectivity index (χ3v) is 7.75. The van der Waals surface area contributed by atoms with Gasteiger partial charge in [0.2, 0.25) is 10.0 Å². The van der Waals surface area contributed by atoms with Gasteiger partial charge in [0, 0.05) is 42.6 Å². The number of benzene rings is 2. The minimum atomic E-state index is -3.53. The van der Waals surface area contributed by atoms with Crippen molar-refractivity contribution in [3.05, 3.63) is 54.1 Å². The molecule has 1 aliphatic heterocycles. The van der Waals surface area contributed by atoms with Gasteiger partial charge < -0.3 is 10.2 Å². The SMILES string of the molecule is CCN(CC)c1ccc(NC(=O)c2ccc(S(=O)(=O)N3CCCC[C@@H]3C)cc2)cc1. The maximum Gasteiger partial charge on any atom is 0.255 e. The van der Waals surface area contributed by atoms with Gasteiger partial charge in [-0.1, -0.05) is 6.42 Å². The number of sulfonamides is 1. The summed E-state index contributed by atoms with van der Waals surface area (Å²) < 4.78 is 27.4. The molecule has 1 N–H and O–H groups in total. The maximum absolute atomic E-state index is 12.9. The number of nitrogens with zero attached hydrogens (tertiary/aromatic N) is 2. The third-order valence-electron chi connectivity index (χ3n) is 5.72. The van der Waals surface area contributed by atoms with Crippen molar-refractivity contribution in [2.24, 2.45) is 0 Å². The van der Waals surface area contributed by atoms with E-state index in [1.165, 1.54) is 12.1 Å². The van der Waals surface area contributed by atoms with Crippen molar-refractivity contribution in [3.63, 3.8) is 0 Å². The van der Waals surface area contributed by atoms with Crippen LogP contribution in [0.4, 0.5) is 11.4 Å². The Labute approximate surface area is 179 Å². The number of rotatable bonds is 7. The van der Waals surface area contributed by atoms with Crippen molar-refractivity contribution in [2.45, 2.75) is 51.0 Å². The predicted octanol–water partition coefficient (Wildman–Crippen LogP) is 4.35. The van der Waals surface area contributed by atoms with Crippen molar-refractivity contribution in [2.75, 3.05) is 29.9 Å². The molecule has 1 saturated heterocycles. The fourth-order valence-electron chi connectivity index (χ4n) is 3.89. The highest BCUT2D eigenvalue weighted by molar-refractivity contribution is 7.89. The molecule has 0 aromatic heterocycles. The minimum Gasteiger partial charge on any atom is -0.372 e. The summed E-state index contributed by atoms with van der Waals surface area (Å²) in [7, 11) is -3.53. The number of hydrogen-bond acceptors (Lipinski definition) is 4. The maximum atomic E-state index is 12.9. The van der Waals surface area contributed by atoms with E-state index in [-0.39, 0.29) is 16.8 Å². The fourth-order valence-corrected chi connectivity index (χ4v) is 5.59. The normalized spacial score (nSPS) is 17.5. The van der Waals surface area contributed by atoms with Crippen molar-refractivity contribution < 1.29 is 13.2 Å². The first-order valence-corrected chi connectivity index (χ1v) is 12.1. The highest BCUT2D eigenvalue weighted by atomic mass is 32.2. The molecule has 2 aromatic carbocycles. The zero-order chi connectivity index (χ0) is 21.7. The Hall–Kier alpha value is -2.38. The van der Waals surface area contributed by atoms with E-state index in [1.54, 1.807) is 16.4 Å². The largest absolute Gasteiger partial charge is 0.372 e. The van der Waals surface area contributed by atoms with Crippen LogP contribution in [0.5, 0.6) is 0 Å². The second-order valence-corrected chi connectivity index (χ2v) is 9.55. The highest BCUT2D eigenvalue weighted by Gasteiger charge is 2.30. The molecule has 0 saturated carbocycles. The summed E-state index contributed by atoms with van der Waals surface area (Å²) in [6, 6.07) is 13.9. The summed E-state index contributed by atoms with van der Waals surface area (Å²) >= 11 is 0. The van der Waals surface area contributed by atoms with E-state index in [0.717, 1.165) is 38.0 Å². The van der Waals surface area contributed by atoms with Crippen LogP contribution in [-0.2, 0) is 10.0 Å². The van der Waals surface area contributed by atoms with Gasteiger partial charge in [0.15, 0.2) is 0 Å². The molecular weight excluding hydrogens is 398 g/mol. The Morgan fingerprint density at radius 2 is 1.67 bits per heavy atom. The molecule has 1 amide bonds. The molecule has 0 unspecified atom stereocenters. The lowest BCUT2D eigenvalue weighted by molar-refractivity contribution is 0.102. The fraction of sp³-hybridized carbons (Fsp3) is 0.435. The zero-order valence-electron chi connectivity index (χ0n) is 18.0. The van der Waals surface area contributed by atoms with Gasteiger partial charge in [-0.2, -0.15) is 4.31 Å². The lowest BCUT2D eigenvalue weighted by Gasteiger charge is -2.32. The second-order valence-electron chi connectivity index (χ2n) is 7.66. The molecule has 30 heavy (non-hydrogen) atoms. The monoisotopic (exact) mass is 429 g/mol. The van der Waals surface area contributed by atoms with Crippen LogP contribution in [0.25, 0.3) is 0 Å². The molecule has 0 aliphatic carbocycles. The summed E-state index contributed by atoms with van der Waals surface area (Å²) in [6.45, 7) is 8.56. The van der Waals surface area contributed by atoms with Gasteiger partial charge in [0.05, 0.1) is 4.90 Å². The van der Waals surface area contributed by atoms with Gasteiger partial charge in [-0.25, -0.2) is 8.42 Å². The second kappa shape index (κ2) is 9.62. The molecule has 7 heteroatoms. The molecule has 162 valence electrons. The Bertz CT molecular complexity index is 952. The van der Waals surface area contributed by atoms with Gasteiger partial charge in [-0.05, 0) is 82.1 Å². The van der Waals surface area contributed by atoms with Gasteiger partial charge in [0.25, 0.3) is 5.91 Å². The Morgan fingerprint density at radius 1 is 1.03 bits per heavy atom. The van der Waals surface area contributed by atoms with E-state index in [4.69, 9.17) is 0 Å². The molecule has 3 rings (SSSR count). The van der Waals surface area contributed by atoms with Crippen LogP contribution in [0, 0.1) is 0 Å². The molecule has 6 nitrogen and oxygen atoms in total. The van der Waals surface area contributed by atoms with E-state index < -0.39 is 10.0 Å². The van der Waals surface area contributed by atoms with Crippen molar-refractivity contribution >= 4 is 27.3 Å². The number of carbonyl (C=O) groups is 1. The van der Waals surface area contributed by atoms with E-state index in [9.17, 15) is 13.2 Å². The van der Waals surface area contributed by atoms with Gasteiger partial charge >= 0.3 is 0 Å². The van der Waals surface area contributed by atoms with Crippen LogP contribution >= 0.6 is 0 Å². The molecule has 1 aliphatic rings. The number of carbonyl (C=O) groups excluding carboxylic acids is 1. The molecule has 1 fully saturated rings. The first kappa shape index (κ1) is 22.3. The molecule has 0 radical (unpaired) electrons. The third kappa shape index (κ3) is 4.84. The van der Waals surface area contributed by atoms with Crippen LogP contribution in [0.3, 0.4) is 0 Å². The molecule has 0 bridgehead atoms. The number of piperidine rings is 1. The lowest BCUT2D eigenvalue weighted by Crippen LogP contribution is -2.41. The average Bonchev–Trinajstić information content (AvgIpc) is 2.76. The first-order chi connectivity index (χ1) is 14.4. The van der Waals surface area contributed by atoms with Gasteiger partial charge in [0.1, 0.15) is 0 Å². The first-order valence-electron chi connectivity index (χ1n) is 10.6. The van der Waals surface area contributed by atoms with E-state index >= 15 is 0 Å². The number of nitrogens with one attached hydrogen (secondary N) is 1. The van der Waals surface area contributed by atoms with Crippen molar-refractivity contribution in [1.82, 2.24) is 4.31 Å². The van der Waals surface area contributed by atoms with Crippen LogP contribution < -0.4 is 10.2 Å². The Kier molecular flexibility index (Phi) is 7.15. The zero-order valence-corrected chi connectivity index (χ0v) is 18.8. The molecule has 0 spiro atoms. The summed E-state index contributed by atoms with van der Waals surface area (Å²) in [5.74, 6) is -0.263. The Balaban J connectivity index is 1.69. The number of hydrogen-bond donors (Lipinski definition) is 1. The molecule has 1 atom stereocenters. The van der Waals surface area contributed by atoms with Crippen LogP contribution in [-0.4, -0.2) is 44.3 Å². The smallest absolute Gasteiger partial charge is 0.255 e. The van der Waals surface area contributed by atoms with Crippen LogP contribution in [0.15, 0.2) is 53.4 Å². The van der Waals surface area contributed by atoms with Crippen LogP contribution in [0.1, 0.15) is 50.4 Å². The quantitative estimate of drug-likeness (QED) is 0.710. The van der Waals surface area contributed by atoms with E-state index in [2.05, 4.69) is 24.1 Å². The van der Waals surface area contributed by atoms with Gasteiger partial charge in [-0.15, -0.1) is 0 Å². The average molecular weight is 430 g/mol. The summed E-state index contributed by atoms with van der Waals surface area (Å²) in [5, 5.41) is 2.87. The van der Waals surface area contributed by atoms with Crippen molar-refractivity contribution in [1.29, 1.82) is 0 Å². The number of amides is 1. The number of anilines is 2. The van der Waals surface area contributed by atoms with Crippen LogP contribution in [0.2, 0.25) is 0 Å². The lowest BCUT2D eigenvalue weighted by atomic mass is 10.1. The molecule has 2 aromatic rings. The summed E-state index contributed by atoms with van der Waals surface area (Å²) in [5.41, 5.74) is 2.24. The molecule has 1 heterocycles. The van der Waals surface area contributed by atoms with E-state index in [0.29, 0.717) is 17.8 Å². The summed E-state index contributed by atoms with van der Waals surface area (Å²) in [6.07, 6.45) is 2.83.